The zero-order chi connectivity index (χ0) is 25.7. The maximum atomic E-state index is 14.6. The van der Waals surface area contributed by atoms with Gasteiger partial charge in [-0.3, -0.25) is 9.59 Å². The van der Waals surface area contributed by atoms with Crippen LogP contribution in [0, 0.1) is 5.82 Å². The predicted molar refractivity (Wildman–Crippen MR) is 131 cm³/mol. The molecule has 0 saturated heterocycles. The second-order valence-corrected chi connectivity index (χ2v) is 8.19. The Labute approximate surface area is 205 Å². The molecule has 0 bridgehead atoms. The van der Waals surface area contributed by atoms with Crippen LogP contribution in [0.3, 0.4) is 0 Å². The van der Waals surface area contributed by atoms with Crippen molar-refractivity contribution in [3.05, 3.63) is 110 Å². The van der Waals surface area contributed by atoms with Crippen LogP contribution in [0.4, 0.5) is 4.39 Å². The van der Waals surface area contributed by atoms with Crippen LogP contribution in [0.5, 0.6) is 0 Å². The molecular formula is C27H24FN3O5. The maximum Gasteiger partial charge on any atom is 0.335 e. The fourth-order valence-corrected chi connectivity index (χ4v) is 3.76. The Kier molecular flexibility index (Phi) is 7.50. The molecule has 1 aromatic heterocycles. The number of hydrogen-bond acceptors (Lipinski definition) is 5. The number of aromatic carboxylic acids is 1. The molecule has 0 atom stereocenters. The minimum Gasteiger partial charge on any atom is -0.478 e. The highest BCUT2D eigenvalue weighted by molar-refractivity contribution is 5.93. The lowest BCUT2D eigenvalue weighted by Crippen LogP contribution is -2.28. The Hall–Kier alpha value is -4.37. The van der Waals surface area contributed by atoms with Gasteiger partial charge in [-0.1, -0.05) is 43.3 Å². The number of hydrogen-bond donors (Lipinski definition) is 3. The van der Waals surface area contributed by atoms with E-state index >= 15 is 0 Å². The monoisotopic (exact) mass is 489 g/mol. The number of carboxylic acids is 1. The first-order valence-electron chi connectivity index (χ1n) is 11.3. The van der Waals surface area contributed by atoms with E-state index in [9.17, 15) is 18.8 Å². The topological polar surface area (TPSA) is 121 Å². The number of rotatable bonds is 9. The maximum absolute atomic E-state index is 14.6. The van der Waals surface area contributed by atoms with Gasteiger partial charge in [0.25, 0.3) is 11.5 Å². The third-order valence-electron chi connectivity index (χ3n) is 5.71. The quantitative estimate of drug-likeness (QED) is 0.327. The number of aromatic nitrogens is 2. The van der Waals surface area contributed by atoms with Crippen molar-refractivity contribution in [1.82, 2.24) is 15.3 Å². The van der Waals surface area contributed by atoms with Crippen molar-refractivity contribution in [3.63, 3.8) is 0 Å². The van der Waals surface area contributed by atoms with Crippen molar-refractivity contribution >= 4 is 22.8 Å². The van der Waals surface area contributed by atoms with Gasteiger partial charge < -0.3 is 20.1 Å². The molecule has 3 aromatic carbocycles. The standard InChI is InChI=1S/C27H24FN3O5/c1-2-16-4-3-5-18(12-16)13-29-26(33)24-30-22-11-10-21(28)20(23(22)25(32)31-24)15-36-14-17-6-8-19(9-7-17)27(34)35/h3-12H,2,13-15H2,1H3,(H,29,33)(H,34,35)(H,30,31,32). The van der Waals surface area contributed by atoms with Crippen LogP contribution in [0.2, 0.25) is 0 Å². The Morgan fingerprint density at radius 1 is 1.03 bits per heavy atom. The van der Waals surface area contributed by atoms with Crippen LogP contribution < -0.4 is 10.9 Å². The van der Waals surface area contributed by atoms with E-state index in [1.165, 1.54) is 24.3 Å². The Bertz CT molecular complexity index is 1480. The lowest BCUT2D eigenvalue weighted by atomic mass is 10.1. The van der Waals surface area contributed by atoms with Gasteiger partial charge in [-0.05, 0) is 47.4 Å². The normalized spacial score (nSPS) is 10.9. The molecule has 0 radical (unpaired) electrons. The molecule has 4 aromatic rings. The molecule has 36 heavy (non-hydrogen) atoms. The van der Waals surface area contributed by atoms with Crippen LogP contribution >= 0.6 is 0 Å². The number of ether oxygens (including phenoxy) is 1. The fourth-order valence-electron chi connectivity index (χ4n) is 3.76. The summed E-state index contributed by atoms with van der Waals surface area (Å²) in [5, 5.41) is 11.7. The molecule has 9 heteroatoms. The SMILES string of the molecule is CCc1cccc(CNC(=O)c2nc3ccc(F)c(COCc4ccc(C(=O)O)cc4)c3c(=O)[nH]2)c1. The van der Waals surface area contributed by atoms with Crippen molar-refractivity contribution in [3.8, 4) is 0 Å². The highest BCUT2D eigenvalue weighted by Crippen LogP contribution is 2.19. The summed E-state index contributed by atoms with van der Waals surface area (Å²) in [6, 6.07) is 16.4. The fraction of sp³-hybridized carbons (Fsp3) is 0.185. The number of aryl methyl sites for hydroxylation is 1. The number of fused-ring (bicyclic) bond motifs is 1. The molecule has 0 fully saturated rings. The number of nitrogens with zero attached hydrogens (tertiary/aromatic N) is 1. The van der Waals surface area contributed by atoms with E-state index in [0.717, 1.165) is 17.5 Å². The van der Waals surface area contributed by atoms with Crippen LogP contribution in [0.1, 0.15) is 50.2 Å². The van der Waals surface area contributed by atoms with Crippen LogP contribution in [-0.4, -0.2) is 27.0 Å². The molecule has 8 nitrogen and oxygen atoms in total. The zero-order valence-corrected chi connectivity index (χ0v) is 19.5. The van der Waals surface area contributed by atoms with E-state index < -0.39 is 23.3 Å². The van der Waals surface area contributed by atoms with Crippen LogP contribution in [0.25, 0.3) is 10.9 Å². The highest BCUT2D eigenvalue weighted by Gasteiger charge is 2.17. The molecule has 184 valence electrons. The summed E-state index contributed by atoms with van der Waals surface area (Å²) in [6.07, 6.45) is 0.876. The number of carbonyl (C=O) groups excluding carboxylic acids is 1. The minimum atomic E-state index is -1.04. The number of halogens is 1. The smallest absolute Gasteiger partial charge is 0.335 e. The molecule has 0 aliphatic heterocycles. The van der Waals surface area contributed by atoms with Crippen molar-refractivity contribution in [2.75, 3.05) is 0 Å². The van der Waals surface area contributed by atoms with Crippen LogP contribution in [0.15, 0.2) is 65.5 Å². The molecule has 3 N–H and O–H groups in total. The summed E-state index contributed by atoms with van der Waals surface area (Å²) < 4.78 is 20.2. The first-order valence-corrected chi connectivity index (χ1v) is 11.3. The summed E-state index contributed by atoms with van der Waals surface area (Å²) in [5.74, 6) is -2.39. The molecule has 0 spiro atoms. The summed E-state index contributed by atoms with van der Waals surface area (Å²) >= 11 is 0. The molecule has 0 aliphatic rings. The Morgan fingerprint density at radius 3 is 2.50 bits per heavy atom. The van der Waals surface area contributed by atoms with Crippen LogP contribution in [-0.2, 0) is 30.9 Å². The number of nitrogens with one attached hydrogen (secondary N) is 2. The van der Waals surface area contributed by atoms with Gasteiger partial charge in [0, 0.05) is 12.1 Å². The Balaban J connectivity index is 1.49. The zero-order valence-electron chi connectivity index (χ0n) is 19.5. The molecule has 4 rings (SSSR count). The van der Waals surface area contributed by atoms with Gasteiger partial charge in [-0.2, -0.15) is 0 Å². The van der Waals surface area contributed by atoms with E-state index in [0.29, 0.717) is 5.56 Å². The largest absolute Gasteiger partial charge is 0.478 e. The average molecular weight is 490 g/mol. The Morgan fingerprint density at radius 2 is 1.78 bits per heavy atom. The molecule has 1 heterocycles. The summed E-state index contributed by atoms with van der Waals surface area (Å²) in [7, 11) is 0. The third-order valence-corrected chi connectivity index (χ3v) is 5.71. The van der Waals surface area contributed by atoms with Gasteiger partial charge >= 0.3 is 5.97 Å². The highest BCUT2D eigenvalue weighted by atomic mass is 19.1. The van der Waals surface area contributed by atoms with Crippen molar-refractivity contribution in [1.29, 1.82) is 0 Å². The summed E-state index contributed by atoms with van der Waals surface area (Å²) in [5.41, 5.74) is 2.44. The number of amides is 1. The van der Waals surface area contributed by atoms with Gasteiger partial charge in [0.2, 0.25) is 0 Å². The van der Waals surface area contributed by atoms with Gasteiger partial charge in [-0.25, -0.2) is 14.2 Å². The number of benzene rings is 3. The number of carbonyl (C=O) groups is 2. The van der Waals surface area contributed by atoms with Gasteiger partial charge in [0.15, 0.2) is 5.82 Å². The van der Waals surface area contributed by atoms with Gasteiger partial charge in [-0.15, -0.1) is 0 Å². The molecule has 1 amide bonds. The predicted octanol–water partition coefficient (Wildman–Crippen LogP) is 3.97. The van der Waals surface area contributed by atoms with E-state index in [2.05, 4.69) is 15.3 Å². The van der Waals surface area contributed by atoms with Crippen molar-refractivity contribution in [2.24, 2.45) is 0 Å². The number of aromatic amines is 1. The third kappa shape index (κ3) is 5.64. The van der Waals surface area contributed by atoms with E-state index in [1.807, 2.05) is 31.2 Å². The van der Waals surface area contributed by atoms with Crippen molar-refractivity contribution < 1.29 is 23.8 Å². The first-order chi connectivity index (χ1) is 17.4. The van der Waals surface area contributed by atoms with E-state index in [-0.39, 0.29) is 47.6 Å². The second kappa shape index (κ2) is 10.9. The number of carboxylic acid groups (broad SMARTS) is 1. The minimum absolute atomic E-state index is 0.00317. The molecule has 0 saturated carbocycles. The average Bonchev–Trinajstić information content (AvgIpc) is 2.88. The van der Waals surface area contributed by atoms with Gasteiger partial charge in [0.05, 0.1) is 29.7 Å². The summed E-state index contributed by atoms with van der Waals surface area (Å²) in [4.78, 5) is 43.1. The lowest BCUT2D eigenvalue weighted by molar-refractivity contribution is 0.0696. The lowest BCUT2D eigenvalue weighted by Gasteiger charge is -2.10. The first kappa shape index (κ1) is 24.7. The number of H-pyrrole nitrogens is 1. The summed E-state index contributed by atoms with van der Waals surface area (Å²) in [6.45, 7) is 2.18. The van der Waals surface area contributed by atoms with E-state index in [1.54, 1.807) is 12.1 Å². The second-order valence-electron chi connectivity index (χ2n) is 8.19. The van der Waals surface area contributed by atoms with Gasteiger partial charge in [0.1, 0.15) is 5.82 Å². The van der Waals surface area contributed by atoms with E-state index in [4.69, 9.17) is 9.84 Å². The molecule has 0 unspecified atom stereocenters. The van der Waals surface area contributed by atoms with Crippen molar-refractivity contribution in [2.45, 2.75) is 33.1 Å². The molecular weight excluding hydrogens is 465 g/mol. The molecule has 0 aliphatic carbocycles.